The van der Waals surface area contributed by atoms with Crippen LogP contribution < -0.4 is 10.6 Å². The molecule has 0 spiro atoms. The summed E-state index contributed by atoms with van der Waals surface area (Å²) in [5, 5.41) is 8.58. The van der Waals surface area contributed by atoms with Crippen LogP contribution in [0.5, 0.6) is 0 Å². The number of benzene rings is 2. The lowest BCUT2D eigenvalue weighted by molar-refractivity contribution is 0.109. The molecule has 0 aliphatic heterocycles. The molecule has 0 aliphatic carbocycles. The Labute approximate surface area is 129 Å². The smallest absolute Gasteiger partial charge is 0.152 e. The summed E-state index contributed by atoms with van der Waals surface area (Å²) in [5.41, 5.74) is 8.12. The van der Waals surface area contributed by atoms with E-state index in [2.05, 4.69) is 6.07 Å². The van der Waals surface area contributed by atoms with Crippen LogP contribution in [-0.4, -0.2) is 26.7 Å². The first-order valence-corrected chi connectivity index (χ1v) is 6.49. The van der Waals surface area contributed by atoms with E-state index in [0.29, 0.717) is 29.4 Å². The first kappa shape index (κ1) is 16.9. The Kier molecular flexibility index (Phi) is 6.32. The van der Waals surface area contributed by atoms with Crippen LogP contribution in [0.15, 0.2) is 42.5 Å². The van der Waals surface area contributed by atoms with Crippen LogP contribution >= 0.6 is 0 Å². The molecule has 0 fully saturated rings. The Bertz CT molecular complexity index is 703. The number of rotatable bonds is 3. The minimum Gasteiger partial charge on any atom is -0.398 e. The van der Waals surface area contributed by atoms with Gasteiger partial charge >= 0.3 is 0 Å². The molecule has 5 heteroatoms. The quantitative estimate of drug-likeness (QED) is 0.694. The molecule has 112 valence electrons. The average molecular weight is 295 g/mol. The van der Waals surface area contributed by atoms with Crippen molar-refractivity contribution < 1.29 is 9.59 Å². The molecule has 22 heavy (non-hydrogen) atoms. The van der Waals surface area contributed by atoms with Gasteiger partial charge in [0.2, 0.25) is 0 Å². The van der Waals surface area contributed by atoms with E-state index in [1.54, 1.807) is 24.3 Å². The van der Waals surface area contributed by atoms with Gasteiger partial charge in [-0.3, -0.25) is 9.59 Å². The molecule has 0 radical (unpaired) electrons. The summed E-state index contributed by atoms with van der Waals surface area (Å²) >= 11 is 0. The fourth-order valence-electron chi connectivity index (χ4n) is 1.69. The second kappa shape index (κ2) is 8.22. The van der Waals surface area contributed by atoms with Gasteiger partial charge in [0.25, 0.3) is 0 Å². The number of nitrogens with zero attached hydrogens (tertiary/aromatic N) is 2. The summed E-state index contributed by atoms with van der Waals surface area (Å²) in [5.74, 6) is 0. The molecule has 2 aromatic rings. The Morgan fingerprint density at radius 3 is 2.27 bits per heavy atom. The van der Waals surface area contributed by atoms with E-state index in [4.69, 9.17) is 11.0 Å². The maximum Gasteiger partial charge on any atom is 0.152 e. The van der Waals surface area contributed by atoms with Crippen molar-refractivity contribution in [3.63, 3.8) is 0 Å². The fourth-order valence-corrected chi connectivity index (χ4v) is 1.69. The standard InChI is InChI=1S/C9H10N2.C8H7NO2/c1-11(2)9-5-3-4-8(6-9)7-10;9-8-3-1-2-6(4-10)7(8)5-11/h3-6H,1-2H3;1-5H,9H2. The Balaban J connectivity index is 0.000000220. The lowest BCUT2D eigenvalue weighted by Gasteiger charge is -2.11. The molecule has 0 aromatic heterocycles. The third-order valence-electron chi connectivity index (χ3n) is 2.91. The number of aldehydes is 2. The normalized spacial score (nSPS) is 8.95. The summed E-state index contributed by atoms with van der Waals surface area (Å²) in [4.78, 5) is 22.7. The molecule has 5 nitrogen and oxygen atoms in total. The van der Waals surface area contributed by atoms with Crippen LogP contribution in [0.1, 0.15) is 26.3 Å². The molecular formula is C17H17N3O2. The van der Waals surface area contributed by atoms with Crippen LogP contribution in [0.4, 0.5) is 11.4 Å². The van der Waals surface area contributed by atoms with E-state index in [1.807, 2.05) is 37.2 Å². The summed E-state index contributed by atoms with van der Waals surface area (Å²) in [6.45, 7) is 0. The van der Waals surface area contributed by atoms with Crippen molar-refractivity contribution in [3.8, 4) is 6.07 Å². The zero-order chi connectivity index (χ0) is 16.5. The maximum atomic E-state index is 10.4. The lowest BCUT2D eigenvalue weighted by atomic mass is 10.1. The number of nitriles is 1. The largest absolute Gasteiger partial charge is 0.398 e. The van der Waals surface area contributed by atoms with Gasteiger partial charge in [0, 0.05) is 36.6 Å². The van der Waals surface area contributed by atoms with Crippen molar-refractivity contribution in [1.29, 1.82) is 5.26 Å². The van der Waals surface area contributed by atoms with E-state index in [9.17, 15) is 9.59 Å². The first-order valence-electron chi connectivity index (χ1n) is 6.49. The first-order chi connectivity index (χ1) is 10.5. The van der Waals surface area contributed by atoms with Crippen molar-refractivity contribution in [2.75, 3.05) is 24.7 Å². The van der Waals surface area contributed by atoms with E-state index < -0.39 is 0 Å². The molecular weight excluding hydrogens is 278 g/mol. The highest BCUT2D eigenvalue weighted by atomic mass is 16.1. The Morgan fingerprint density at radius 1 is 1.09 bits per heavy atom. The zero-order valence-corrected chi connectivity index (χ0v) is 12.5. The van der Waals surface area contributed by atoms with Crippen LogP contribution in [0.3, 0.4) is 0 Å². The minimum absolute atomic E-state index is 0.266. The number of carbonyl (C=O) groups is 2. The van der Waals surface area contributed by atoms with Crippen molar-refractivity contribution in [2.45, 2.75) is 0 Å². The van der Waals surface area contributed by atoms with Gasteiger partial charge < -0.3 is 10.6 Å². The molecule has 2 rings (SSSR count). The van der Waals surface area contributed by atoms with Crippen molar-refractivity contribution >= 4 is 23.9 Å². The number of nitrogen functional groups attached to an aromatic ring is 1. The van der Waals surface area contributed by atoms with Gasteiger partial charge in [-0.25, -0.2) is 0 Å². The molecule has 0 heterocycles. The predicted molar refractivity (Wildman–Crippen MR) is 87.1 cm³/mol. The topological polar surface area (TPSA) is 87.2 Å². The highest BCUT2D eigenvalue weighted by Gasteiger charge is 2.02. The predicted octanol–water partition coefficient (Wildman–Crippen LogP) is 2.52. The molecule has 0 saturated carbocycles. The number of hydrogen-bond acceptors (Lipinski definition) is 5. The number of nitrogens with two attached hydrogens (primary N) is 1. The molecule has 0 bridgehead atoms. The van der Waals surface area contributed by atoms with Crippen molar-refractivity contribution in [2.24, 2.45) is 0 Å². The van der Waals surface area contributed by atoms with E-state index in [-0.39, 0.29) is 5.56 Å². The maximum absolute atomic E-state index is 10.4. The number of anilines is 2. The summed E-state index contributed by atoms with van der Waals surface area (Å²) in [7, 11) is 3.91. The van der Waals surface area contributed by atoms with Crippen LogP contribution in [0.2, 0.25) is 0 Å². The molecule has 2 aromatic carbocycles. The van der Waals surface area contributed by atoms with Crippen molar-refractivity contribution in [1.82, 2.24) is 0 Å². The van der Waals surface area contributed by atoms with Crippen LogP contribution in [0, 0.1) is 11.3 Å². The van der Waals surface area contributed by atoms with E-state index in [1.165, 1.54) is 0 Å². The van der Waals surface area contributed by atoms with Gasteiger partial charge in [-0.2, -0.15) is 5.26 Å². The summed E-state index contributed by atoms with van der Waals surface area (Å²) in [6, 6.07) is 14.4. The Morgan fingerprint density at radius 2 is 1.77 bits per heavy atom. The molecule has 2 N–H and O–H groups in total. The number of carbonyl (C=O) groups excluding carboxylic acids is 2. The van der Waals surface area contributed by atoms with Crippen LogP contribution in [-0.2, 0) is 0 Å². The van der Waals surface area contributed by atoms with Gasteiger partial charge in [0.05, 0.1) is 11.6 Å². The van der Waals surface area contributed by atoms with Gasteiger partial charge in [-0.15, -0.1) is 0 Å². The summed E-state index contributed by atoms with van der Waals surface area (Å²) in [6.07, 6.45) is 1.19. The third kappa shape index (κ3) is 4.46. The highest BCUT2D eigenvalue weighted by molar-refractivity contribution is 5.95. The summed E-state index contributed by atoms with van der Waals surface area (Å²) < 4.78 is 0. The zero-order valence-electron chi connectivity index (χ0n) is 12.5. The van der Waals surface area contributed by atoms with Gasteiger partial charge in [-0.1, -0.05) is 18.2 Å². The molecule has 0 amide bonds. The fraction of sp³-hybridized carbons (Fsp3) is 0.118. The number of hydrogen-bond donors (Lipinski definition) is 1. The molecule has 0 atom stereocenters. The van der Waals surface area contributed by atoms with Gasteiger partial charge in [0.1, 0.15) is 0 Å². The average Bonchev–Trinajstić information content (AvgIpc) is 2.55. The minimum atomic E-state index is 0.266. The van der Waals surface area contributed by atoms with Crippen LogP contribution in [0.25, 0.3) is 0 Å². The van der Waals surface area contributed by atoms with E-state index in [0.717, 1.165) is 5.69 Å². The SMILES string of the molecule is CN(C)c1cccc(C#N)c1.Nc1cccc(C=O)c1C=O. The second-order valence-corrected chi connectivity index (χ2v) is 4.64. The van der Waals surface area contributed by atoms with Crippen molar-refractivity contribution in [3.05, 3.63) is 59.2 Å². The highest BCUT2D eigenvalue weighted by Crippen LogP contribution is 2.12. The monoisotopic (exact) mass is 295 g/mol. The lowest BCUT2D eigenvalue weighted by Crippen LogP contribution is -2.08. The van der Waals surface area contributed by atoms with Gasteiger partial charge in [0.15, 0.2) is 12.6 Å². The van der Waals surface area contributed by atoms with Gasteiger partial charge in [-0.05, 0) is 24.3 Å². The second-order valence-electron chi connectivity index (χ2n) is 4.64. The molecule has 0 unspecified atom stereocenters. The third-order valence-corrected chi connectivity index (χ3v) is 2.91. The Hall–Kier alpha value is -3.13. The molecule has 0 aliphatic rings. The van der Waals surface area contributed by atoms with E-state index >= 15 is 0 Å². The molecule has 0 saturated heterocycles.